The van der Waals surface area contributed by atoms with Gasteiger partial charge in [0, 0.05) is 38.3 Å². The molecule has 1 N–H and O–H groups in total. The number of amides is 1. The van der Waals surface area contributed by atoms with Crippen molar-refractivity contribution in [3.8, 4) is 0 Å². The highest BCUT2D eigenvalue weighted by Gasteiger charge is 2.43. The number of carbonyl (C=O) groups is 1. The molecule has 3 rings (SSSR count). The van der Waals surface area contributed by atoms with Gasteiger partial charge in [-0.1, -0.05) is 18.2 Å². The van der Waals surface area contributed by atoms with Crippen LogP contribution in [-0.2, 0) is 16.1 Å². The fourth-order valence-electron chi connectivity index (χ4n) is 3.32. The molecule has 0 aliphatic carbocycles. The number of rotatable bonds is 4. The number of hydrogen-bond donors (Lipinski definition) is 1. The molecular weight excluding hydrogens is 299 g/mol. The largest absolute Gasteiger partial charge is 0.379 e. The minimum atomic E-state index is -1.37. The van der Waals surface area contributed by atoms with E-state index in [1.165, 1.54) is 6.07 Å². The Bertz CT molecular complexity index is 563. The van der Waals surface area contributed by atoms with E-state index < -0.39 is 5.60 Å². The molecule has 6 heteroatoms. The lowest BCUT2D eigenvalue weighted by molar-refractivity contribution is -0.161. The molecule has 5 nitrogen and oxygen atoms in total. The zero-order chi connectivity index (χ0) is 16.3. The fourth-order valence-corrected chi connectivity index (χ4v) is 3.32. The second kappa shape index (κ2) is 6.95. The summed E-state index contributed by atoms with van der Waals surface area (Å²) in [5.41, 5.74) is -0.891. The van der Waals surface area contributed by atoms with Gasteiger partial charge in [-0.05, 0) is 18.9 Å². The molecule has 0 aromatic heterocycles. The summed E-state index contributed by atoms with van der Waals surface area (Å²) in [6, 6.07) is 6.46. The highest BCUT2D eigenvalue weighted by atomic mass is 19.1. The highest BCUT2D eigenvalue weighted by molar-refractivity contribution is 5.86. The third kappa shape index (κ3) is 3.71. The van der Waals surface area contributed by atoms with Crippen LogP contribution < -0.4 is 0 Å². The summed E-state index contributed by atoms with van der Waals surface area (Å²) >= 11 is 0. The van der Waals surface area contributed by atoms with Crippen molar-refractivity contribution in [2.75, 3.05) is 39.4 Å². The molecule has 0 radical (unpaired) electrons. The molecule has 2 heterocycles. The van der Waals surface area contributed by atoms with Gasteiger partial charge in [0.25, 0.3) is 5.91 Å². The van der Waals surface area contributed by atoms with Gasteiger partial charge in [0.2, 0.25) is 0 Å². The third-order valence-electron chi connectivity index (χ3n) is 4.61. The number of carbonyl (C=O) groups excluding carboxylic acids is 1. The lowest BCUT2D eigenvalue weighted by Crippen LogP contribution is -2.59. The first kappa shape index (κ1) is 16.4. The summed E-state index contributed by atoms with van der Waals surface area (Å²) in [6.45, 7) is 3.79. The predicted octanol–water partition coefficient (Wildman–Crippen LogP) is 1.01. The number of aliphatic hydroxyl groups is 1. The first-order chi connectivity index (χ1) is 11.1. The van der Waals surface area contributed by atoms with Gasteiger partial charge in [-0.25, -0.2) is 4.39 Å². The Morgan fingerprint density at radius 2 is 1.96 bits per heavy atom. The average Bonchev–Trinajstić information content (AvgIpc) is 2.55. The SMILES string of the molecule is O=C1N(Cc2ccccc2F)CCC[C@]1(O)CN1CCOCC1. The van der Waals surface area contributed by atoms with E-state index in [1.54, 1.807) is 23.1 Å². The lowest BCUT2D eigenvalue weighted by atomic mass is 9.90. The number of piperidine rings is 1. The third-order valence-corrected chi connectivity index (χ3v) is 4.61. The molecule has 23 heavy (non-hydrogen) atoms. The summed E-state index contributed by atoms with van der Waals surface area (Å²) in [5.74, 6) is -0.610. The van der Waals surface area contributed by atoms with Crippen molar-refractivity contribution in [3.05, 3.63) is 35.6 Å². The molecule has 126 valence electrons. The van der Waals surface area contributed by atoms with E-state index in [1.807, 2.05) is 0 Å². The van der Waals surface area contributed by atoms with Crippen LogP contribution in [-0.4, -0.2) is 65.8 Å². The molecule has 1 aromatic rings. The van der Waals surface area contributed by atoms with Crippen LogP contribution in [0.4, 0.5) is 4.39 Å². The Kier molecular flexibility index (Phi) is 4.94. The molecule has 2 aliphatic rings. The summed E-state index contributed by atoms with van der Waals surface area (Å²) in [5, 5.41) is 10.8. The summed E-state index contributed by atoms with van der Waals surface area (Å²) in [4.78, 5) is 16.4. The number of β-amino-alcohol motifs (C(OH)–C–C–N with tert-alkyl or cyclic N) is 1. The molecule has 2 saturated heterocycles. The topological polar surface area (TPSA) is 53.0 Å². The number of morpholine rings is 1. The molecule has 2 fully saturated rings. The van der Waals surface area contributed by atoms with Crippen molar-refractivity contribution in [1.29, 1.82) is 0 Å². The molecule has 2 aliphatic heterocycles. The van der Waals surface area contributed by atoms with Crippen molar-refractivity contribution in [3.63, 3.8) is 0 Å². The van der Waals surface area contributed by atoms with E-state index in [-0.39, 0.29) is 18.3 Å². The zero-order valence-corrected chi connectivity index (χ0v) is 13.2. The zero-order valence-electron chi connectivity index (χ0n) is 13.2. The van der Waals surface area contributed by atoms with Crippen LogP contribution in [0, 0.1) is 5.82 Å². The van der Waals surface area contributed by atoms with Crippen molar-refractivity contribution >= 4 is 5.91 Å². The standard InChI is InChI=1S/C17H23FN2O3/c18-15-5-2-1-4-14(15)12-20-7-3-6-17(22,16(20)21)13-19-8-10-23-11-9-19/h1-2,4-5,22H,3,6-13H2/t17-/m0/s1. The molecule has 0 bridgehead atoms. The van der Waals surface area contributed by atoms with Crippen LogP contribution in [0.2, 0.25) is 0 Å². The van der Waals surface area contributed by atoms with Crippen molar-refractivity contribution < 1.29 is 19.0 Å². The maximum atomic E-state index is 13.8. The van der Waals surface area contributed by atoms with Gasteiger partial charge in [-0.2, -0.15) is 0 Å². The van der Waals surface area contributed by atoms with Crippen LogP contribution in [0.1, 0.15) is 18.4 Å². The van der Waals surface area contributed by atoms with Gasteiger partial charge >= 0.3 is 0 Å². The molecule has 1 aromatic carbocycles. The highest BCUT2D eigenvalue weighted by Crippen LogP contribution is 2.26. The summed E-state index contributed by atoms with van der Waals surface area (Å²) in [6.07, 6.45) is 1.18. The number of benzene rings is 1. The molecule has 0 saturated carbocycles. The first-order valence-electron chi connectivity index (χ1n) is 8.14. The van der Waals surface area contributed by atoms with Gasteiger partial charge in [0.15, 0.2) is 5.60 Å². The van der Waals surface area contributed by atoms with Crippen LogP contribution in [0.5, 0.6) is 0 Å². The van der Waals surface area contributed by atoms with E-state index in [0.717, 1.165) is 19.5 Å². The quantitative estimate of drug-likeness (QED) is 0.899. The predicted molar refractivity (Wildman–Crippen MR) is 83.3 cm³/mol. The second-order valence-corrected chi connectivity index (χ2v) is 6.34. The number of hydrogen-bond acceptors (Lipinski definition) is 4. The van der Waals surface area contributed by atoms with E-state index >= 15 is 0 Å². The van der Waals surface area contributed by atoms with Gasteiger partial charge in [0.1, 0.15) is 5.82 Å². The lowest BCUT2D eigenvalue weighted by Gasteiger charge is -2.41. The first-order valence-corrected chi connectivity index (χ1v) is 8.14. The molecule has 1 amide bonds. The Labute approximate surface area is 135 Å². The van der Waals surface area contributed by atoms with E-state index in [9.17, 15) is 14.3 Å². The molecule has 0 unspecified atom stereocenters. The van der Waals surface area contributed by atoms with Crippen molar-refractivity contribution in [2.24, 2.45) is 0 Å². The van der Waals surface area contributed by atoms with E-state index in [4.69, 9.17) is 4.74 Å². The normalized spacial score (nSPS) is 26.5. The van der Waals surface area contributed by atoms with Gasteiger partial charge in [-0.15, -0.1) is 0 Å². The van der Waals surface area contributed by atoms with Gasteiger partial charge in [-0.3, -0.25) is 9.69 Å². The minimum Gasteiger partial charge on any atom is -0.379 e. The Morgan fingerprint density at radius 1 is 1.22 bits per heavy atom. The summed E-state index contributed by atoms with van der Waals surface area (Å²) in [7, 11) is 0. The van der Waals surface area contributed by atoms with Crippen LogP contribution in [0.25, 0.3) is 0 Å². The number of ether oxygens (including phenoxy) is 1. The maximum Gasteiger partial charge on any atom is 0.256 e. The van der Waals surface area contributed by atoms with Crippen LogP contribution >= 0.6 is 0 Å². The Hall–Kier alpha value is -1.50. The average molecular weight is 322 g/mol. The fraction of sp³-hybridized carbons (Fsp3) is 0.588. The Morgan fingerprint density at radius 3 is 2.70 bits per heavy atom. The van der Waals surface area contributed by atoms with Crippen molar-refractivity contribution in [1.82, 2.24) is 9.80 Å². The minimum absolute atomic E-state index is 0.205. The molecular formula is C17H23FN2O3. The number of nitrogens with zero attached hydrogens (tertiary/aromatic N) is 2. The van der Waals surface area contributed by atoms with Crippen LogP contribution in [0.15, 0.2) is 24.3 Å². The van der Waals surface area contributed by atoms with Gasteiger partial charge in [0.05, 0.1) is 13.2 Å². The molecule has 0 spiro atoms. The second-order valence-electron chi connectivity index (χ2n) is 6.34. The summed E-state index contributed by atoms with van der Waals surface area (Å²) < 4.78 is 19.1. The monoisotopic (exact) mass is 322 g/mol. The molecule has 1 atom stereocenters. The number of halogens is 1. The maximum absolute atomic E-state index is 13.8. The van der Waals surface area contributed by atoms with Crippen LogP contribution in [0.3, 0.4) is 0 Å². The number of likely N-dealkylation sites (tertiary alicyclic amines) is 1. The Balaban J connectivity index is 1.68. The van der Waals surface area contributed by atoms with Crippen molar-refractivity contribution in [2.45, 2.75) is 25.0 Å². The van der Waals surface area contributed by atoms with Gasteiger partial charge < -0.3 is 14.7 Å². The van der Waals surface area contributed by atoms with E-state index in [0.29, 0.717) is 38.3 Å². The smallest absolute Gasteiger partial charge is 0.256 e. The van der Waals surface area contributed by atoms with E-state index in [2.05, 4.69) is 4.90 Å².